The van der Waals surface area contributed by atoms with Gasteiger partial charge in [0, 0.05) is 12.5 Å². The maximum Gasteiger partial charge on any atom is 0.231 e. The molecule has 0 aliphatic carbocycles. The molecule has 0 spiro atoms. The molecular weight excluding hydrogens is 323 g/mol. The van der Waals surface area contributed by atoms with Crippen LogP contribution in [0.2, 0.25) is 0 Å². The highest BCUT2D eigenvalue weighted by Gasteiger charge is 2.26. The van der Waals surface area contributed by atoms with Crippen LogP contribution in [0.3, 0.4) is 0 Å². The molecule has 0 aromatic heterocycles. The lowest BCUT2D eigenvalue weighted by Crippen LogP contribution is -2.44. The minimum atomic E-state index is -0.337. The van der Waals surface area contributed by atoms with Gasteiger partial charge in [0.25, 0.3) is 0 Å². The van der Waals surface area contributed by atoms with Gasteiger partial charge < -0.3 is 16.0 Å². The Morgan fingerprint density at radius 2 is 1.88 bits per heavy atom. The van der Waals surface area contributed by atoms with Gasteiger partial charge in [-0.3, -0.25) is 14.5 Å². The first-order chi connectivity index (χ1) is 11.9. The number of carbonyl (C=O) groups is 2. The Labute approximate surface area is 148 Å². The van der Waals surface area contributed by atoms with Gasteiger partial charge in [0.15, 0.2) is 0 Å². The molecule has 1 saturated heterocycles. The Bertz CT molecular complexity index is 583. The van der Waals surface area contributed by atoms with Crippen LogP contribution in [0.1, 0.15) is 24.4 Å². The molecule has 0 bridgehead atoms. The van der Waals surface area contributed by atoms with Crippen molar-refractivity contribution in [3.05, 3.63) is 35.6 Å². The maximum atomic E-state index is 13.1. The van der Waals surface area contributed by atoms with E-state index in [2.05, 4.69) is 5.32 Å². The van der Waals surface area contributed by atoms with E-state index >= 15 is 0 Å². The third-order valence-corrected chi connectivity index (χ3v) is 4.69. The van der Waals surface area contributed by atoms with E-state index in [1.54, 1.807) is 12.1 Å². The summed E-state index contributed by atoms with van der Waals surface area (Å²) in [7, 11) is 3.87. The number of halogens is 1. The zero-order valence-electron chi connectivity index (χ0n) is 14.9. The van der Waals surface area contributed by atoms with Crippen molar-refractivity contribution in [2.24, 2.45) is 11.7 Å². The van der Waals surface area contributed by atoms with Crippen LogP contribution in [-0.4, -0.2) is 61.9 Å². The van der Waals surface area contributed by atoms with Gasteiger partial charge in [-0.25, -0.2) is 4.39 Å². The van der Waals surface area contributed by atoms with Crippen molar-refractivity contribution in [3.8, 4) is 0 Å². The fraction of sp³-hybridized carbons (Fsp3) is 0.556. The average Bonchev–Trinajstić information content (AvgIpc) is 2.56. The lowest BCUT2D eigenvalue weighted by atomic mass is 9.95. The van der Waals surface area contributed by atoms with Gasteiger partial charge in [-0.05, 0) is 57.7 Å². The number of rotatable bonds is 7. The number of nitrogens with two attached hydrogens (primary N) is 1. The molecule has 0 radical (unpaired) electrons. The summed E-state index contributed by atoms with van der Waals surface area (Å²) in [5, 5.41) is 3.02. The Morgan fingerprint density at radius 3 is 2.40 bits per heavy atom. The second kappa shape index (κ2) is 8.92. The number of nitrogens with zero attached hydrogens (tertiary/aromatic N) is 2. The van der Waals surface area contributed by atoms with E-state index in [1.165, 1.54) is 12.1 Å². The molecule has 1 unspecified atom stereocenters. The number of hydrogen-bond donors (Lipinski definition) is 2. The Hall–Kier alpha value is -1.99. The van der Waals surface area contributed by atoms with Crippen molar-refractivity contribution in [3.63, 3.8) is 0 Å². The van der Waals surface area contributed by atoms with Crippen molar-refractivity contribution in [2.75, 3.05) is 40.3 Å². The molecule has 1 aromatic carbocycles. The van der Waals surface area contributed by atoms with Crippen molar-refractivity contribution in [1.29, 1.82) is 0 Å². The molecule has 1 aliphatic rings. The minimum Gasteiger partial charge on any atom is -0.369 e. The van der Waals surface area contributed by atoms with Gasteiger partial charge in [0.05, 0.1) is 12.6 Å². The van der Waals surface area contributed by atoms with E-state index in [4.69, 9.17) is 5.73 Å². The van der Waals surface area contributed by atoms with Gasteiger partial charge >= 0.3 is 0 Å². The zero-order valence-corrected chi connectivity index (χ0v) is 14.9. The summed E-state index contributed by atoms with van der Waals surface area (Å²) in [6.45, 7) is 2.13. The highest BCUT2D eigenvalue weighted by atomic mass is 19.1. The summed E-state index contributed by atoms with van der Waals surface area (Å²) < 4.78 is 13.1. The molecule has 1 aromatic rings. The smallest absolute Gasteiger partial charge is 0.231 e. The summed E-state index contributed by atoms with van der Waals surface area (Å²) in [5.74, 6) is -0.614. The number of carbonyl (C=O) groups excluding carboxylic acids is 2. The number of hydrogen-bond acceptors (Lipinski definition) is 4. The Morgan fingerprint density at radius 1 is 1.28 bits per heavy atom. The minimum absolute atomic E-state index is 0.0144. The number of likely N-dealkylation sites (N-methyl/N-ethyl adjacent to an activating group) is 1. The van der Waals surface area contributed by atoms with Crippen LogP contribution in [0.25, 0.3) is 0 Å². The highest BCUT2D eigenvalue weighted by molar-refractivity contribution is 5.79. The van der Waals surface area contributed by atoms with E-state index in [-0.39, 0.29) is 36.1 Å². The summed E-state index contributed by atoms with van der Waals surface area (Å²) in [4.78, 5) is 27.4. The molecule has 1 heterocycles. The molecule has 2 amide bonds. The lowest BCUT2D eigenvalue weighted by molar-refractivity contribution is -0.126. The van der Waals surface area contributed by atoms with Crippen molar-refractivity contribution in [2.45, 2.75) is 18.9 Å². The van der Waals surface area contributed by atoms with Crippen LogP contribution in [0.4, 0.5) is 4.39 Å². The van der Waals surface area contributed by atoms with E-state index in [1.807, 2.05) is 23.9 Å². The van der Waals surface area contributed by atoms with Gasteiger partial charge in [0.1, 0.15) is 5.82 Å². The van der Waals surface area contributed by atoms with Crippen LogP contribution < -0.4 is 11.1 Å². The molecule has 1 aliphatic heterocycles. The highest BCUT2D eigenvalue weighted by Crippen LogP contribution is 2.20. The fourth-order valence-corrected chi connectivity index (χ4v) is 3.20. The monoisotopic (exact) mass is 350 g/mol. The quantitative estimate of drug-likeness (QED) is 0.760. The molecule has 1 atom stereocenters. The molecule has 1 fully saturated rings. The molecule has 2 rings (SSSR count). The molecule has 0 saturated carbocycles. The van der Waals surface area contributed by atoms with Gasteiger partial charge in [-0.1, -0.05) is 12.1 Å². The van der Waals surface area contributed by atoms with E-state index in [9.17, 15) is 14.0 Å². The second-order valence-electron chi connectivity index (χ2n) is 6.79. The predicted molar refractivity (Wildman–Crippen MR) is 94.2 cm³/mol. The average molecular weight is 350 g/mol. The summed E-state index contributed by atoms with van der Waals surface area (Å²) in [6, 6.07) is 6.34. The molecule has 25 heavy (non-hydrogen) atoms. The normalized spacial score (nSPS) is 17.4. The van der Waals surface area contributed by atoms with Crippen molar-refractivity contribution >= 4 is 11.8 Å². The lowest BCUT2D eigenvalue weighted by Gasteiger charge is -2.31. The van der Waals surface area contributed by atoms with E-state index < -0.39 is 0 Å². The number of benzene rings is 1. The number of primary amides is 1. The molecule has 138 valence electrons. The molecule has 7 heteroatoms. The third-order valence-electron chi connectivity index (χ3n) is 4.69. The molecule has 6 nitrogen and oxygen atoms in total. The second-order valence-corrected chi connectivity index (χ2v) is 6.79. The van der Waals surface area contributed by atoms with Crippen LogP contribution in [0.5, 0.6) is 0 Å². The summed E-state index contributed by atoms with van der Waals surface area (Å²) >= 11 is 0. The fourth-order valence-electron chi connectivity index (χ4n) is 3.20. The standard InChI is InChI=1S/C18H27FN4O2/c1-22(2)16(13-3-5-15(19)6-4-13)11-21-18(25)14-7-9-23(10-8-14)12-17(20)24/h3-6,14,16H,7-12H2,1-2H3,(H2,20,24)(H,21,25). The van der Waals surface area contributed by atoms with Crippen LogP contribution in [0.15, 0.2) is 24.3 Å². The van der Waals surface area contributed by atoms with E-state index in [0.717, 1.165) is 18.4 Å². The zero-order chi connectivity index (χ0) is 18.4. The Balaban J connectivity index is 1.85. The number of likely N-dealkylation sites (tertiary alicyclic amines) is 1. The topological polar surface area (TPSA) is 78.7 Å². The van der Waals surface area contributed by atoms with Crippen LogP contribution in [-0.2, 0) is 9.59 Å². The summed E-state index contributed by atoms with van der Waals surface area (Å²) in [5.41, 5.74) is 6.16. The summed E-state index contributed by atoms with van der Waals surface area (Å²) in [6.07, 6.45) is 1.45. The first-order valence-corrected chi connectivity index (χ1v) is 8.57. The number of amides is 2. The van der Waals surface area contributed by atoms with E-state index in [0.29, 0.717) is 19.6 Å². The van der Waals surface area contributed by atoms with Crippen molar-refractivity contribution < 1.29 is 14.0 Å². The van der Waals surface area contributed by atoms with Crippen LogP contribution >= 0.6 is 0 Å². The first-order valence-electron chi connectivity index (χ1n) is 8.57. The maximum absolute atomic E-state index is 13.1. The first kappa shape index (κ1) is 19.3. The molecule has 3 N–H and O–H groups in total. The van der Waals surface area contributed by atoms with Gasteiger partial charge in [-0.15, -0.1) is 0 Å². The SMILES string of the molecule is CN(C)C(CNC(=O)C1CCN(CC(N)=O)CC1)c1ccc(F)cc1. The number of nitrogens with one attached hydrogen (secondary N) is 1. The Kier molecular flexibility index (Phi) is 6.90. The van der Waals surface area contributed by atoms with Gasteiger partial charge in [-0.2, -0.15) is 0 Å². The van der Waals surface area contributed by atoms with Gasteiger partial charge in [0.2, 0.25) is 11.8 Å². The molecular formula is C18H27FN4O2. The number of piperidine rings is 1. The predicted octanol–water partition coefficient (Wildman–Crippen LogP) is 0.742. The van der Waals surface area contributed by atoms with Crippen molar-refractivity contribution in [1.82, 2.24) is 15.1 Å². The largest absolute Gasteiger partial charge is 0.369 e. The van der Waals surface area contributed by atoms with Crippen LogP contribution in [0, 0.1) is 11.7 Å². The third kappa shape index (κ3) is 5.79.